The van der Waals surface area contributed by atoms with E-state index in [0.29, 0.717) is 11.5 Å². The molecule has 1 aromatic rings. The molecule has 0 aromatic heterocycles. The fourth-order valence-corrected chi connectivity index (χ4v) is 9.58. The monoisotopic (exact) mass is 518 g/mol. The first-order valence-electron chi connectivity index (χ1n) is 13.2. The molecule has 35 heavy (non-hydrogen) atoms. The molecule has 0 spiro atoms. The lowest BCUT2D eigenvalue weighted by atomic mass is 9.76. The lowest BCUT2D eigenvalue weighted by molar-refractivity contribution is 0.192. The van der Waals surface area contributed by atoms with Crippen LogP contribution in [-0.4, -0.2) is 22.5 Å². The van der Waals surface area contributed by atoms with E-state index in [1.54, 1.807) is 7.11 Å². The molecule has 0 N–H and O–H groups in total. The molecule has 1 aromatic carbocycles. The zero-order valence-electron chi connectivity index (χ0n) is 20.8. The molecule has 0 bridgehead atoms. The third-order valence-electron chi connectivity index (χ3n) is 8.09. The predicted molar refractivity (Wildman–Crippen MR) is 131 cm³/mol. The van der Waals surface area contributed by atoms with Crippen LogP contribution in [-0.2, 0) is 4.74 Å². The van der Waals surface area contributed by atoms with E-state index in [9.17, 15) is 22.0 Å². The summed E-state index contributed by atoms with van der Waals surface area (Å²) in [6, 6.07) is 4.38. The van der Waals surface area contributed by atoms with Crippen LogP contribution in [0.5, 0.6) is 5.75 Å². The highest BCUT2D eigenvalue weighted by Gasteiger charge is 2.27. The van der Waals surface area contributed by atoms with Crippen molar-refractivity contribution in [3.05, 3.63) is 41.4 Å². The zero-order chi connectivity index (χ0) is 25.2. The lowest BCUT2D eigenvalue weighted by Gasteiger charge is -2.32. The molecule has 198 valence electrons. The Bertz CT molecular complexity index is 791. The van der Waals surface area contributed by atoms with Crippen LogP contribution in [0.2, 0.25) is 18.1 Å². The van der Waals surface area contributed by atoms with Crippen LogP contribution in [0.25, 0.3) is 0 Å². The van der Waals surface area contributed by atoms with Crippen molar-refractivity contribution in [1.29, 1.82) is 0 Å². The van der Waals surface area contributed by atoms with Gasteiger partial charge in [0.1, 0.15) is 0 Å². The first kappa shape index (κ1) is 28.2. The molecule has 8 heteroatoms. The van der Waals surface area contributed by atoms with E-state index in [4.69, 9.17) is 4.74 Å². The summed E-state index contributed by atoms with van der Waals surface area (Å²) >= 11 is 0. The highest BCUT2D eigenvalue weighted by atomic mass is 28.3. The van der Waals surface area contributed by atoms with E-state index in [2.05, 4.69) is 4.74 Å². The standard InChI is InChI=1S/C27H39F5O2Si/c1-33-13-3-2-4-14-35-15-11-20(12-16-35)6-5-19-7-9-21(10-8-19)22-17-23(28)25(24(29)18-22)34-27(32)26(30)31/h17-21,35H,2-16H2,1H3/t19-,20-,21-,35-. The Morgan fingerprint density at radius 2 is 1.46 bits per heavy atom. The molecule has 2 aliphatic rings. The summed E-state index contributed by atoms with van der Waals surface area (Å²) in [5.41, 5.74) is 0.487. The van der Waals surface area contributed by atoms with Crippen molar-refractivity contribution >= 4 is 8.80 Å². The summed E-state index contributed by atoms with van der Waals surface area (Å²) < 4.78 is 75.0. The first-order chi connectivity index (χ1) is 16.9. The van der Waals surface area contributed by atoms with Crippen molar-refractivity contribution in [2.24, 2.45) is 11.8 Å². The summed E-state index contributed by atoms with van der Waals surface area (Å²) in [6.45, 7) is 0.883. The van der Waals surface area contributed by atoms with Gasteiger partial charge in [0, 0.05) is 22.5 Å². The van der Waals surface area contributed by atoms with Crippen LogP contribution < -0.4 is 4.74 Å². The van der Waals surface area contributed by atoms with E-state index in [0.717, 1.165) is 50.3 Å². The number of methoxy groups -OCH3 is 1. The van der Waals surface area contributed by atoms with Crippen LogP contribution >= 0.6 is 0 Å². The maximum absolute atomic E-state index is 14.2. The van der Waals surface area contributed by atoms with Crippen LogP contribution in [0.1, 0.15) is 82.1 Å². The molecule has 2 nitrogen and oxygen atoms in total. The molecule has 2 fully saturated rings. The summed E-state index contributed by atoms with van der Waals surface area (Å²) in [5, 5.41) is 0. The number of benzene rings is 1. The Balaban J connectivity index is 1.37. The largest absolute Gasteiger partial charge is 0.422 e. The smallest absolute Gasteiger partial charge is 0.344 e. The number of hydrogen-bond donors (Lipinski definition) is 0. The Labute approximate surface area is 207 Å². The molecule has 0 amide bonds. The van der Waals surface area contributed by atoms with Gasteiger partial charge in [-0.3, -0.25) is 0 Å². The minimum Gasteiger partial charge on any atom is -0.422 e. The second-order valence-corrected chi connectivity index (χ2v) is 13.9. The van der Waals surface area contributed by atoms with Gasteiger partial charge in [-0.2, -0.15) is 13.2 Å². The molecular weight excluding hydrogens is 479 g/mol. The molecule has 3 rings (SSSR count). The average Bonchev–Trinajstić information content (AvgIpc) is 2.85. The maximum Gasteiger partial charge on any atom is 0.344 e. The normalized spacial score (nSPS) is 24.9. The zero-order valence-corrected chi connectivity index (χ0v) is 21.9. The Morgan fingerprint density at radius 3 is 2.03 bits per heavy atom. The van der Waals surface area contributed by atoms with Gasteiger partial charge >= 0.3 is 12.1 Å². The second kappa shape index (κ2) is 14.4. The van der Waals surface area contributed by atoms with E-state index in [1.165, 1.54) is 63.1 Å². The summed E-state index contributed by atoms with van der Waals surface area (Å²) in [5.74, 6) is -1.90. The van der Waals surface area contributed by atoms with Crippen LogP contribution in [0.15, 0.2) is 24.2 Å². The number of ether oxygens (including phenoxy) is 2. The van der Waals surface area contributed by atoms with E-state index >= 15 is 0 Å². The van der Waals surface area contributed by atoms with Crippen molar-refractivity contribution < 1.29 is 31.4 Å². The van der Waals surface area contributed by atoms with Crippen molar-refractivity contribution in [3.63, 3.8) is 0 Å². The molecule has 1 heterocycles. The van der Waals surface area contributed by atoms with Crippen LogP contribution in [0.4, 0.5) is 22.0 Å². The molecule has 1 aliphatic heterocycles. The van der Waals surface area contributed by atoms with Crippen LogP contribution in [0.3, 0.4) is 0 Å². The van der Waals surface area contributed by atoms with E-state index < -0.39 is 38.3 Å². The molecule has 1 saturated heterocycles. The Kier molecular flexibility index (Phi) is 11.6. The van der Waals surface area contributed by atoms with Gasteiger partial charge in [-0.05, 0) is 67.6 Å². The highest BCUT2D eigenvalue weighted by molar-refractivity contribution is 6.58. The minimum absolute atomic E-state index is 0.0212. The summed E-state index contributed by atoms with van der Waals surface area (Å²) in [4.78, 5) is 0. The summed E-state index contributed by atoms with van der Waals surface area (Å²) in [7, 11) is 1.25. The Hall–Kier alpha value is -1.41. The summed E-state index contributed by atoms with van der Waals surface area (Å²) in [6.07, 6.45) is 10.2. The van der Waals surface area contributed by atoms with Gasteiger partial charge in [-0.25, -0.2) is 8.78 Å². The first-order valence-corrected chi connectivity index (χ1v) is 15.7. The highest BCUT2D eigenvalue weighted by Crippen LogP contribution is 2.41. The SMILES string of the molecule is COCCCCC[Si@H]1CC[C@H](CC[C@H]2CC[C@H](c3cc(F)c(OC(F)=C(F)F)c(F)c3)CC2)CC1. The molecule has 1 aliphatic carbocycles. The van der Waals surface area contributed by atoms with Gasteiger partial charge in [0.2, 0.25) is 5.75 Å². The molecule has 0 atom stereocenters. The predicted octanol–water partition coefficient (Wildman–Crippen LogP) is 8.89. The fraction of sp³-hybridized carbons (Fsp3) is 0.704. The fourth-order valence-electron chi connectivity index (χ4n) is 5.96. The second-order valence-electron chi connectivity index (χ2n) is 10.5. The van der Waals surface area contributed by atoms with E-state index in [-0.39, 0.29) is 5.92 Å². The van der Waals surface area contributed by atoms with Crippen molar-refractivity contribution in [1.82, 2.24) is 0 Å². The number of rotatable bonds is 12. The van der Waals surface area contributed by atoms with Gasteiger partial charge in [-0.1, -0.05) is 56.7 Å². The lowest BCUT2D eigenvalue weighted by Crippen LogP contribution is -2.22. The molecular formula is C27H39F5O2Si. The molecule has 0 radical (unpaired) electrons. The number of hydrogen-bond acceptors (Lipinski definition) is 2. The van der Waals surface area contributed by atoms with Gasteiger partial charge in [-0.15, -0.1) is 0 Å². The van der Waals surface area contributed by atoms with Crippen molar-refractivity contribution in [2.45, 2.75) is 94.7 Å². The number of unbranched alkanes of at least 4 members (excludes halogenated alkanes) is 2. The average molecular weight is 519 g/mol. The molecule has 0 unspecified atom stereocenters. The van der Waals surface area contributed by atoms with Gasteiger partial charge in [0.15, 0.2) is 11.6 Å². The van der Waals surface area contributed by atoms with Gasteiger partial charge in [0.25, 0.3) is 0 Å². The number of halogens is 5. The molecule has 1 saturated carbocycles. The maximum atomic E-state index is 14.2. The van der Waals surface area contributed by atoms with Gasteiger partial charge in [0.05, 0.1) is 0 Å². The third kappa shape index (κ3) is 8.88. The van der Waals surface area contributed by atoms with Crippen molar-refractivity contribution in [3.8, 4) is 5.75 Å². The Morgan fingerprint density at radius 1 is 0.857 bits per heavy atom. The van der Waals surface area contributed by atoms with Gasteiger partial charge < -0.3 is 9.47 Å². The van der Waals surface area contributed by atoms with Crippen LogP contribution in [0, 0.1) is 23.5 Å². The minimum atomic E-state index is -2.75. The van der Waals surface area contributed by atoms with E-state index in [1.807, 2.05) is 0 Å². The quantitative estimate of drug-likeness (QED) is 0.119. The topological polar surface area (TPSA) is 18.5 Å². The van der Waals surface area contributed by atoms with Crippen molar-refractivity contribution in [2.75, 3.05) is 13.7 Å². The third-order valence-corrected chi connectivity index (χ3v) is 11.6.